The van der Waals surface area contributed by atoms with E-state index in [-0.39, 0.29) is 34.1 Å². The molecule has 14 heteroatoms. The first-order valence-electron chi connectivity index (χ1n) is 15.5. The molecule has 0 bridgehead atoms. The van der Waals surface area contributed by atoms with E-state index in [1.165, 1.54) is 55.3 Å². The van der Waals surface area contributed by atoms with E-state index >= 15 is 0 Å². The molecule has 4 aromatic rings. The van der Waals surface area contributed by atoms with Crippen LogP contribution in [-0.4, -0.2) is 55.3 Å². The van der Waals surface area contributed by atoms with E-state index in [0.717, 1.165) is 15.9 Å². The zero-order valence-corrected chi connectivity index (χ0v) is 30.6. The van der Waals surface area contributed by atoms with Crippen LogP contribution in [0.2, 0.25) is 10.0 Å². The van der Waals surface area contributed by atoms with Gasteiger partial charge in [-0.25, -0.2) is 8.42 Å². The van der Waals surface area contributed by atoms with Crippen LogP contribution in [0.3, 0.4) is 0 Å². The molecule has 0 heterocycles. The quantitative estimate of drug-likeness (QED) is 0.115. The first kappa shape index (κ1) is 38.2. The van der Waals surface area contributed by atoms with E-state index in [4.69, 9.17) is 27.9 Å². The number of ether oxygens (including phenoxy) is 1. The number of methoxy groups -OCH3 is 1. The molecule has 0 spiro atoms. The van der Waals surface area contributed by atoms with E-state index in [2.05, 4.69) is 5.32 Å². The van der Waals surface area contributed by atoms with Crippen LogP contribution >= 0.6 is 23.2 Å². The number of hydrogen-bond donors (Lipinski definition) is 1. The number of benzene rings is 4. The molecule has 4 rings (SSSR count). The molecule has 0 saturated heterocycles. The second-order valence-corrected chi connectivity index (χ2v) is 15.3. The lowest BCUT2D eigenvalue weighted by molar-refractivity contribution is -0.385. The average Bonchev–Trinajstić information content (AvgIpc) is 3.06. The Hall–Kier alpha value is -4.65. The van der Waals surface area contributed by atoms with Gasteiger partial charge < -0.3 is 15.0 Å². The molecule has 1 N–H and O–H groups in total. The third kappa shape index (κ3) is 9.52. The van der Waals surface area contributed by atoms with Gasteiger partial charge in [0.25, 0.3) is 15.7 Å². The fourth-order valence-corrected chi connectivity index (χ4v) is 6.95. The second kappa shape index (κ2) is 15.9. The minimum absolute atomic E-state index is 0.0932. The number of anilines is 1. The van der Waals surface area contributed by atoms with Gasteiger partial charge in [0.05, 0.1) is 32.7 Å². The Bertz CT molecular complexity index is 1970. The van der Waals surface area contributed by atoms with Crippen LogP contribution in [0.5, 0.6) is 5.75 Å². The first-order valence-corrected chi connectivity index (χ1v) is 17.7. The van der Waals surface area contributed by atoms with Gasteiger partial charge in [-0.3, -0.25) is 24.0 Å². The Kier molecular flexibility index (Phi) is 12.2. The average molecular weight is 742 g/mol. The number of nitro benzene ring substituents is 1. The molecule has 0 saturated carbocycles. The minimum Gasteiger partial charge on any atom is -0.497 e. The summed E-state index contributed by atoms with van der Waals surface area (Å²) in [4.78, 5) is 40.7. The van der Waals surface area contributed by atoms with Gasteiger partial charge in [-0.2, -0.15) is 0 Å². The van der Waals surface area contributed by atoms with E-state index in [0.29, 0.717) is 16.3 Å². The predicted molar refractivity (Wildman–Crippen MR) is 194 cm³/mol. The van der Waals surface area contributed by atoms with Gasteiger partial charge in [-0.1, -0.05) is 65.7 Å². The second-order valence-electron chi connectivity index (χ2n) is 12.6. The molecule has 50 heavy (non-hydrogen) atoms. The molecule has 0 aliphatic heterocycles. The number of amides is 2. The van der Waals surface area contributed by atoms with Crippen molar-refractivity contribution in [2.24, 2.45) is 0 Å². The van der Waals surface area contributed by atoms with Crippen molar-refractivity contribution >= 4 is 56.4 Å². The highest BCUT2D eigenvalue weighted by Crippen LogP contribution is 2.30. The summed E-state index contributed by atoms with van der Waals surface area (Å²) in [6, 6.07) is 22.4. The molecule has 0 aliphatic carbocycles. The van der Waals surface area contributed by atoms with E-state index in [1.807, 2.05) is 51.1 Å². The standard InChI is InChI=1S/C36H38Cl2N4O7S/c1-24-11-17-29(21-32(24)42(45)46)50(47,48)41(27-13-15-28(49-5)16-14-27)23-34(43)40(22-26-12-18-30(37)31(38)19-26)33(35(44)39-36(2,3)4)20-25-9-7-6-8-10-25/h6-19,21,33H,20,22-23H2,1-5H3,(H,39,44). The lowest BCUT2D eigenvalue weighted by Crippen LogP contribution is -2.56. The van der Waals surface area contributed by atoms with E-state index in [1.54, 1.807) is 18.2 Å². The van der Waals surface area contributed by atoms with Gasteiger partial charge in [0.15, 0.2) is 0 Å². The van der Waals surface area contributed by atoms with Crippen LogP contribution in [0, 0.1) is 17.0 Å². The Morgan fingerprint density at radius 3 is 2.16 bits per heavy atom. The van der Waals surface area contributed by atoms with Crippen molar-refractivity contribution in [1.82, 2.24) is 10.2 Å². The topological polar surface area (TPSA) is 139 Å². The number of sulfonamides is 1. The van der Waals surface area contributed by atoms with Crippen molar-refractivity contribution in [3.63, 3.8) is 0 Å². The fourth-order valence-electron chi connectivity index (χ4n) is 5.19. The van der Waals surface area contributed by atoms with Gasteiger partial charge in [0.2, 0.25) is 11.8 Å². The van der Waals surface area contributed by atoms with Gasteiger partial charge >= 0.3 is 0 Å². The highest BCUT2D eigenvalue weighted by Gasteiger charge is 2.36. The number of aryl methyl sites for hydroxylation is 1. The number of carbonyl (C=O) groups is 2. The van der Waals surface area contributed by atoms with Crippen molar-refractivity contribution in [2.75, 3.05) is 18.0 Å². The van der Waals surface area contributed by atoms with Crippen LogP contribution in [0.1, 0.15) is 37.5 Å². The van der Waals surface area contributed by atoms with Crippen molar-refractivity contribution in [1.29, 1.82) is 0 Å². The molecular formula is C36H38Cl2N4O7S. The van der Waals surface area contributed by atoms with Gasteiger partial charge in [0, 0.05) is 30.1 Å². The molecule has 1 atom stereocenters. The summed E-state index contributed by atoms with van der Waals surface area (Å²) in [5.74, 6) is -0.740. The van der Waals surface area contributed by atoms with Crippen LogP contribution in [0.15, 0.2) is 95.9 Å². The van der Waals surface area contributed by atoms with Crippen molar-refractivity contribution in [3.05, 3.63) is 128 Å². The number of nitrogens with zero attached hydrogens (tertiary/aromatic N) is 3. The number of nitrogens with one attached hydrogen (secondary N) is 1. The molecule has 1 unspecified atom stereocenters. The minimum atomic E-state index is -4.59. The molecular weight excluding hydrogens is 703 g/mol. The molecule has 264 valence electrons. The van der Waals surface area contributed by atoms with Crippen LogP contribution in [-0.2, 0) is 32.6 Å². The first-order chi connectivity index (χ1) is 23.5. The Morgan fingerprint density at radius 1 is 0.920 bits per heavy atom. The van der Waals surface area contributed by atoms with E-state index < -0.39 is 50.6 Å². The van der Waals surface area contributed by atoms with Crippen molar-refractivity contribution in [3.8, 4) is 5.75 Å². The Morgan fingerprint density at radius 2 is 1.58 bits per heavy atom. The summed E-state index contributed by atoms with van der Waals surface area (Å²) in [7, 11) is -3.14. The SMILES string of the molecule is COc1ccc(N(CC(=O)N(Cc2ccc(Cl)c(Cl)c2)C(Cc2ccccc2)C(=O)NC(C)(C)C)S(=O)(=O)c2ccc(C)c([N+](=O)[O-])c2)cc1. The molecule has 2 amide bonds. The summed E-state index contributed by atoms with van der Waals surface area (Å²) in [5, 5.41) is 15.2. The monoisotopic (exact) mass is 740 g/mol. The summed E-state index contributed by atoms with van der Waals surface area (Å²) in [6.45, 7) is 6.05. The molecule has 4 aromatic carbocycles. The lowest BCUT2D eigenvalue weighted by atomic mass is 10.0. The highest BCUT2D eigenvalue weighted by atomic mass is 35.5. The zero-order valence-electron chi connectivity index (χ0n) is 28.2. The zero-order chi connectivity index (χ0) is 36.8. The number of hydrogen-bond acceptors (Lipinski definition) is 7. The third-order valence-electron chi connectivity index (χ3n) is 7.71. The fraction of sp³-hybridized carbons (Fsp3) is 0.278. The number of halogens is 2. The summed E-state index contributed by atoms with van der Waals surface area (Å²) >= 11 is 12.5. The Balaban J connectivity index is 1.87. The highest BCUT2D eigenvalue weighted by molar-refractivity contribution is 7.92. The number of carbonyl (C=O) groups excluding carboxylic acids is 2. The van der Waals surface area contributed by atoms with Gasteiger partial charge in [-0.05, 0) is 81.3 Å². The normalized spacial score (nSPS) is 12.1. The maximum absolute atomic E-state index is 14.7. The molecule has 0 fully saturated rings. The summed E-state index contributed by atoms with van der Waals surface area (Å²) < 4.78 is 34.8. The van der Waals surface area contributed by atoms with Crippen LogP contribution < -0.4 is 14.4 Å². The van der Waals surface area contributed by atoms with Crippen LogP contribution in [0.4, 0.5) is 11.4 Å². The van der Waals surface area contributed by atoms with E-state index in [9.17, 15) is 28.1 Å². The van der Waals surface area contributed by atoms with Gasteiger partial charge in [-0.15, -0.1) is 0 Å². The lowest BCUT2D eigenvalue weighted by Gasteiger charge is -2.35. The predicted octanol–water partition coefficient (Wildman–Crippen LogP) is 6.97. The molecule has 0 radical (unpaired) electrons. The van der Waals surface area contributed by atoms with Crippen molar-refractivity contribution < 1.29 is 27.7 Å². The maximum atomic E-state index is 14.7. The van der Waals surface area contributed by atoms with Crippen LogP contribution in [0.25, 0.3) is 0 Å². The Labute approximate surface area is 302 Å². The van der Waals surface area contributed by atoms with Crippen molar-refractivity contribution in [2.45, 2.75) is 57.1 Å². The molecule has 11 nitrogen and oxygen atoms in total. The van der Waals surface area contributed by atoms with Gasteiger partial charge in [0.1, 0.15) is 18.3 Å². The number of rotatable bonds is 13. The third-order valence-corrected chi connectivity index (χ3v) is 10.2. The summed E-state index contributed by atoms with van der Waals surface area (Å²) in [6.07, 6.45) is 0.106. The molecule has 0 aromatic heterocycles. The largest absolute Gasteiger partial charge is 0.497 e. The molecule has 0 aliphatic rings. The maximum Gasteiger partial charge on any atom is 0.273 e. The summed E-state index contributed by atoms with van der Waals surface area (Å²) in [5.41, 5.74) is 0.610. The number of nitro groups is 1. The smallest absolute Gasteiger partial charge is 0.273 e.